The normalized spacial score (nSPS) is 25.2. The van der Waals surface area contributed by atoms with E-state index in [0.29, 0.717) is 17.4 Å². The Kier molecular flexibility index (Phi) is 4.90. The fourth-order valence-electron chi connectivity index (χ4n) is 3.43. The van der Waals surface area contributed by atoms with Gasteiger partial charge in [0, 0.05) is 36.3 Å². The number of amides is 2. The molecule has 5 heteroatoms. The van der Waals surface area contributed by atoms with Crippen molar-refractivity contribution >= 4 is 17.5 Å². The zero-order chi connectivity index (χ0) is 17.3. The number of hydrogen-bond acceptors (Lipinski definition) is 3. The molecule has 3 atom stereocenters. The van der Waals surface area contributed by atoms with E-state index >= 15 is 0 Å². The third-order valence-corrected chi connectivity index (χ3v) is 5.42. The Hall–Kier alpha value is -1.88. The van der Waals surface area contributed by atoms with E-state index in [-0.39, 0.29) is 23.8 Å². The van der Waals surface area contributed by atoms with Crippen LogP contribution >= 0.6 is 0 Å². The van der Waals surface area contributed by atoms with E-state index in [4.69, 9.17) is 5.73 Å². The zero-order valence-corrected chi connectivity index (χ0v) is 14.5. The second kappa shape index (κ2) is 6.93. The van der Waals surface area contributed by atoms with Crippen molar-refractivity contribution in [1.29, 1.82) is 0 Å². The molecule has 1 aliphatic heterocycles. The van der Waals surface area contributed by atoms with E-state index in [1.165, 1.54) is 0 Å². The molecular formula is C19H27N3O2. The molecule has 2 aliphatic rings. The molecule has 0 radical (unpaired) electrons. The van der Waals surface area contributed by atoms with E-state index in [1.54, 1.807) is 12.1 Å². The van der Waals surface area contributed by atoms with Crippen LogP contribution in [0.4, 0.5) is 5.69 Å². The number of hydrogen-bond donors (Lipinski definition) is 2. The van der Waals surface area contributed by atoms with Crippen molar-refractivity contribution in [2.75, 3.05) is 18.4 Å². The summed E-state index contributed by atoms with van der Waals surface area (Å²) < 4.78 is 0. The Morgan fingerprint density at radius 1 is 1.21 bits per heavy atom. The summed E-state index contributed by atoms with van der Waals surface area (Å²) in [5, 5.41) is 2.92. The van der Waals surface area contributed by atoms with Crippen LogP contribution < -0.4 is 11.1 Å². The fraction of sp³-hybridized carbons (Fsp3) is 0.579. The van der Waals surface area contributed by atoms with Crippen molar-refractivity contribution in [3.8, 4) is 0 Å². The van der Waals surface area contributed by atoms with Gasteiger partial charge in [0.25, 0.3) is 5.91 Å². The lowest BCUT2D eigenvalue weighted by molar-refractivity contribution is -0.117. The van der Waals surface area contributed by atoms with Crippen LogP contribution in [0.25, 0.3) is 0 Å². The van der Waals surface area contributed by atoms with E-state index < -0.39 is 0 Å². The average molecular weight is 329 g/mol. The molecule has 0 spiro atoms. The minimum absolute atomic E-state index is 0.0619. The second-order valence-electron chi connectivity index (χ2n) is 7.37. The Bertz CT molecular complexity index is 604. The highest BCUT2D eigenvalue weighted by molar-refractivity contribution is 5.97. The molecule has 0 bridgehead atoms. The first kappa shape index (κ1) is 17.0. The lowest BCUT2D eigenvalue weighted by Gasteiger charge is -2.33. The van der Waals surface area contributed by atoms with Gasteiger partial charge in [-0.1, -0.05) is 6.92 Å². The van der Waals surface area contributed by atoms with E-state index in [2.05, 4.69) is 12.2 Å². The predicted octanol–water partition coefficient (Wildman–Crippen LogP) is 2.48. The highest BCUT2D eigenvalue weighted by atomic mass is 16.2. The molecule has 1 aromatic carbocycles. The highest BCUT2D eigenvalue weighted by Crippen LogP contribution is 2.38. The third-order valence-electron chi connectivity index (χ3n) is 5.42. The maximum Gasteiger partial charge on any atom is 0.253 e. The summed E-state index contributed by atoms with van der Waals surface area (Å²) >= 11 is 0. The topological polar surface area (TPSA) is 75.4 Å². The highest BCUT2D eigenvalue weighted by Gasteiger charge is 2.39. The minimum Gasteiger partial charge on any atom is -0.339 e. The minimum atomic E-state index is 0.0619. The van der Waals surface area contributed by atoms with E-state index in [9.17, 15) is 9.59 Å². The summed E-state index contributed by atoms with van der Waals surface area (Å²) in [5.41, 5.74) is 7.38. The number of rotatable bonds is 4. The molecule has 5 nitrogen and oxygen atoms in total. The van der Waals surface area contributed by atoms with Crippen molar-refractivity contribution in [2.45, 2.75) is 39.2 Å². The molecule has 2 fully saturated rings. The first-order chi connectivity index (χ1) is 11.5. The van der Waals surface area contributed by atoms with Crippen LogP contribution in [-0.2, 0) is 4.79 Å². The second-order valence-corrected chi connectivity index (χ2v) is 7.37. The molecule has 24 heavy (non-hydrogen) atoms. The van der Waals surface area contributed by atoms with Gasteiger partial charge in [-0.2, -0.15) is 0 Å². The van der Waals surface area contributed by atoms with Crippen molar-refractivity contribution in [2.24, 2.45) is 23.5 Å². The van der Waals surface area contributed by atoms with Crippen LogP contribution in [0.1, 0.15) is 43.5 Å². The van der Waals surface area contributed by atoms with Crippen molar-refractivity contribution < 1.29 is 9.59 Å². The summed E-state index contributed by atoms with van der Waals surface area (Å²) in [6, 6.07) is 7.41. The SMILES string of the molecule is CC(N)C1CCN(C(=O)c2ccc(NC(=O)C3CC3C)cc2)CC1. The monoisotopic (exact) mass is 329 g/mol. The Morgan fingerprint density at radius 2 is 1.79 bits per heavy atom. The number of likely N-dealkylation sites (tertiary alicyclic amines) is 1. The van der Waals surface area contributed by atoms with Gasteiger partial charge in [0.05, 0.1) is 0 Å². The van der Waals surface area contributed by atoms with Gasteiger partial charge in [-0.05, 0) is 62.3 Å². The summed E-state index contributed by atoms with van der Waals surface area (Å²) in [5.74, 6) is 1.30. The quantitative estimate of drug-likeness (QED) is 0.891. The molecule has 2 amide bonds. The molecule has 1 aromatic rings. The lowest BCUT2D eigenvalue weighted by atomic mass is 9.90. The first-order valence-corrected chi connectivity index (χ1v) is 8.91. The maximum absolute atomic E-state index is 12.6. The number of carbonyl (C=O) groups is 2. The van der Waals surface area contributed by atoms with Crippen LogP contribution in [0.5, 0.6) is 0 Å². The standard InChI is InChI=1S/C19H27N3O2/c1-12-11-17(12)18(23)21-16-5-3-15(4-6-16)19(24)22-9-7-14(8-10-22)13(2)20/h3-6,12-14,17H,7-11,20H2,1-2H3,(H,21,23). The van der Waals surface area contributed by atoms with E-state index in [0.717, 1.165) is 38.0 Å². The van der Waals surface area contributed by atoms with Gasteiger partial charge in [-0.25, -0.2) is 0 Å². The number of carbonyl (C=O) groups excluding carboxylic acids is 2. The number of nitrogens with one attached hydrogen (secondary N) is 1. The van der Waals surface area contributed by atoms with Crippen molar-refractivity contribution in [3.05, 3.63) is 29.8 Å². The Morgan fingerprint density at radius 3 is 2.29 bits per heavy atom. The Balaban J connectivity index is 1.55. The van der Waals surface area contributed by atoms with Gasteiger partial charge in [-0.15, -0.1) is 0 Å². The van der Waals surface area contributed by atoms with Crippen LogP contribution in [0.3, 0.4) is 0 Å². The van der Waals surface area contributed by atoms with Gasteiger partial charge in [0.2, 0.25) is 5.91 Å². The number of nitrogens with zero attached hydrogens (tertiary/aromatic N) is 1. The van der Waals surface area contributed by atoms with E-state index in [1.807, 2.05) is 24.0 Å². The average Bonchev–Trinajstić information content (AvgIpc) is 3.32. The Labute approximate surface area is 143 Å². The van der Waals surface area contributed by atoms with Crippen LogP contribution in [0, 0.1) is 17.8 Å². The molecule has 1 heterocycles. The predicted molar refractivity (Wildman–Crippen MR) is 94.6 cm³/mol. The number of piperidine rings is 1. The van der Waals surface area contributed by atoms with Gasteiger partial charge in [0.15, 0.2) is 0 Å². The first-order valence-electron chi connectivity index (χ1n) is 8.91. The van der Waals surface area contributed by atoms with Crippen LogP contribution in [0.15, 0.2) is 24.3 Å². The molecular weight excluding hydrogens is 302 g/mol. The van der Waals surface area contributed by atoms with Gasteiger partial charge < -0.3 is 16.0 Å². The number of anilines is 1. The van der Waals surface area contributed by atoms with Crippen molar-refractivity contribution in [3.63, 3.8) is 0 Å². The maximum atomic E-state index is 12.6. The summed E-state index contributed by atoms with van der Waals surface area (Å²) in [4.78, 5) is 26.4. The largest absolute Gasteiger partial charge is 0.339 e. The smallest absolute Gasteiger partial charge is 0.253 e. The molecule has 1 aliphatic carbocycles. The van der Waals surface area contributed by atoms with Crippen LogP contribution in [0.2, 0.25) is 0 Å². The molecule has 130 valence electrons. The van der Waals surface area contributed by atoms with Gasteiger partial charge in [0.1, 0.15) is 0 Å². The lowest BCUT2D eigenvalue weighted by Crippen LogP contribution is -2.42. The number of nitrogens with two attached hydrogens (primary N) is 1. The summed E-state index contributed by atoms with van der Waals surface area (Å²) in [7, 11) is 0. The summed E-state index contributed by atoms with van der Waals surface area (Å²) in [6.07, 6.45) is 2.91. The fourth-order valence-corrected chi connectivity index (χ4v) is 3.43. The molecule has 1 saturated carbocycles. The molecule has 0 aromatic heterocycles. The molecule has 1 saturated heterocycles. The molecule has 3 rings (SSSR count). The van der Waals surface area contributed by atoms with Crippen LogP contribution in [-0.4, -0.2) is 35.8 Å². The zero-order valence-electron chi connectivity index (χ0n) is 14.5. The van der Waals surface area contributed by atoms with Crippen molar-refractivity contribution in [1.82, 2.24) is 4.90 Å². The summed E-state index contributed by atoms with van der Waals surface area (Å²) in [6.45, 7) is 5.66. The molecule has 3 unspecified atom stereocenters. The molecule has 3 N–H and O–H groups in total. The van der Waals surface area contributed by atoms with Gasteiger partial charge in [-0.3, -0.25) is 9.59 Å². The van der Waals surface area contributed by atoms with Gasteiger partial charge >= 0.3 is 0 Å². The third kappa shape index (κ3) is 3.78. The number of benzene rings is 1.